The maximum Gasteiger partial charge on any atom is 0.185 e. The predicted molar refractivity (Wildman–Crippen MR) is 64.8 cm³/mol. The number of rotatable bonds is 9. The lowest BCUT2D eigenvalue weighted by molar-refractivity contribution is -0.0571. The van der Waals surface area contributed by atoms with Crippen molar-refractivity contribution in [2.45, 2.75) is 45.2 Å². The molecule has 1 heterocycles. The Kier molecular flexibility index (Phi) is 6.37. The maximum absolute atomic E-state index is 5.66. The van der Waals surface area contributed by atoms with E-state index < -0.39 is 0 Å². The molecule has 5 heteroatoms. The largest absolute Gasteiger partial charge is 0.379 e. The second-order valence-electron chi connectivity index (χ2n) is 5.08. The topological polar surface area (TPSA) is 66.2 Å². The van der Waals surface area contributed by atoms with E-state index in [0.717, 1.165) is 6.42 Å². The van der Waals surface area contributed by atoms with Gasteiger partial charge < -0.3 is 24.7 Å². The fraction of sp³-hybridized carbons (Fsp3) is 1.00. The molecule has 0 radical (unpaired) electrons. The molecular weight excluding hydrogens is 222 g/mol. The van der Waals surface area contributed by atoms with Crippen LogP contribution in [0.15, 0.2) is 0 Å². The van der Waals surface area contributed by atoms with Gasteiger partial charge in [0.2, 0.25) is 0 Å². The molecule has 5 nitrogen and oxygen atoms in total. The Morgan fingerprint density at radius 1 is 1.06 bits per heavy atom. The van der Waals surface area contributed by atoms with Gasteiger partial charge in [0.25, 0.3) is 0 Å². The van der Waals surface area contributed by atoms with Gasteiger partial charge in [0.05, 0.1) is 25.4 Å². The summed E-state index contributed by atoms with van der Waals surface area (Å²) in [4.78, 5) is 0. The Bertz CT molecular complexity index is 205. The molecule has 0 aromatic rings. The zero-order valence-corrected chi connectivity index (χ0v) is 11.1. The lowest BCUT2D eigenvalue weighted by atomic mass is 10.2. The number of nitrogens with two attached hydrogens (primary N) is 1. The van der Waals surface area contributed by atoms with Crippen LogP contribution in [0.4, 0.5) is 0 Å². The highest BCUT2D eigenvalue weighted by Crippen LogP contribution is 2.30. The van der Waals surface area contributed by atoms with Gasteiger partial charge >= 0.3 is 0 Å². The molecule has 2 unspecified atom stereocenters. The average molecular weight is 247 g/mol. The minimum absolute atomic E-state index is 0.0490. The van der Waals surface area contributed by atoms with Crippen molar-refractivity contribution in [2.24, 2.45) is 5.73 Å². The third-order valence-electron chi connectivity index (χ3n) is 2.19. The number of epoxide rings is 1. The first-order valence-corrected chi connectivity index (χ1v) is 6.22. The zero-order valence-electron chi connectivity index (χ0n) is 11.1. The number of ether oxygens (including phenoxy) is 4. The summed E-state index contributed by atoms with van der Waals surface area (Å²) in [6.45, 7) is 9.12. The molecule has 1 saturated heterocycles. The molecule has 0 bridgehead atoms. The SMILES string of the molecule is CC(C)(C)OC1OC1CCOCCOCCN. The summed E-state index contributed by atoms with van der Waals surface area (Å²) >= 11 is 0. The Labute approximate surface area is 104 Å². The first-order valence-electron chi connectivity index (χ1n) is 6.22. The van der Waals surface area contributed by atoms with Crippen molar-refractivity contribution in [2.75, 3.05) is 33.0 Å². The molecule has 1 fully saturated rings. The fourth-order valence-corrected chi connectivity index (χ4v) is 1.39. The van der Waals surface area contributed by atoms with E-state index in [-0.39, 0.29) is 18.0 Å². The summed E-state index contributed by atoms with van der Waals surface area (Å²) in [7, 11) is 0. The van der Waals surface area contributed by atoms with E-state index in [2.05, 4.69) is 0 Å². The molecule has 0 saturated carbocycles. The lowest BCUT2D eigenvalue weighted by Crippen LogP contribution is -2.22. The highest BCUT2D eigenvalue weighted by molar-refractivity contribution is 4.79. The normalized spacial score (nSPS) is 24.0. The minimum Gasteiger partial charge on any atom is -0.379 e. The van der Waals surface area contributed by atoms with E-state index in [9.17, 15) is 0 Å². The quantitative estimate of drug-likeness (QED) is 0.484. The molecule has 0 spiro atoms. The fourth-order valence-electron chi connectivity index (χ4n) is 1.39. The van der Waals surface area contributed by atoms with Gasteiger partial charge in [-0.3, -0.25) is 0 Å². The highest BCUT2D eigenvalue weighted by Gasteiger charge is 2.42. The molecule has 0 aromatic carbocycles. The van der Waals surface area contributed by atoms with Crippen LogP contribution in [0, 0.1) is 0 Å². The van der Waals surface area contributed by atoms with Crippen LogP contribution in [0.1, 0.15) is 27.2 Å². The van der Waals surface area contributed by atoms with Crippen LogP contribution in [-0.4, -0.2) is 51.0 Å². The standard InChI is InChI=1S/C12H25NO4/c1-12(2,3)17-11-10(16-11)4-6-14-8-9-15-7-5-13/h10-11H,4-9,13H2,1-3H3. The van der Waals surface area contributed by atoms with Crippen LogP contribution in [0.2, 0.25) is 0 Å². The molecule has 0 amide bonds. The van der Waals surface area contributed by atoms with E-state index in [0.29, 0.717) is 33.0 Å². The van der Waals surface area contributed by atoms with Gasteiger partial charge in [0.1, 0.15) is 6.10 Å². The van der Waals surface area contributed by atoms with Crippen molar-refractivity contribution in [3.8, 4) is 0 Å². The van der Waals surface area contributed by atoms with Gasteiger partial charge in [-0.2, -0.15) is 0 Å². The van der Waals surface area contributed by atoms with Crippen LogP contribution >= 0.6 is 0 Å². The smallest absolute Gasteiger partial charge is 0.185 e. The summed E-state index contributed by atoms with van der Waals surface area (Å²) in [5, 5.41) is 0. The molecule has 102 valence electrons. The van der Waals surface area contributed by atoms with E-state index in [1.54, 1.807) is 0 Å². The number of hydrogen-bond donors (Lipinski definition) is 1. The second-order valence-corrected chi connectivity index (χ2v) is 5.08. The third kappa shape index (κ3) is 7.68. The summed E-state index contributed by atoms with van der Waals surface area (Å²) in [6.07, 6.45) is 1.02. The Hall–Kier alpha value is -0.200. The van der Waals surface area contributed by atoms with Crippen LogP contribution in [0.3, 0.4) is 0 Å². The Morgan fingerprint density at radius 2 is 1.71 bits per heavy atom. The van der Waals surface area contributed by atoms with E-state index in [1.807, 2.05) is 20.8 Å². The summed E-state index contributed by atoms with van der Waals surface area (Å²) in [5.41, 5.74) is 5.14. The zero-order chi connectivity index (χ0) is 12.7. The average Bonchev–Trinajstić information content (AvgIpc) is 2.92. The molecule has 0 aliphatic carbocycles. The van der Waals surface area contributed by atoms with Crippen molar-refractivity contribution in [3.63, 3.8) is 0 Å². The molecule has 1 rings (SSSR count). The number of hydrogen-bond acceptors (Lipinski definition) is 5. The molecular formula is C12H25NO4. The van der Waals surface area contributed by atoms with Gasteiger partial charge in [0, 0.05) is 19.6 Å². The van der Waals surface area contributed by atoms with Gasteiger partial charge in [-0.05, 0) is 20.8 Å². The Balaban J connectivity index is 1.86. The maximum atomic E-state index is 5.66. The van der Waals surface area contributed by atoms with Gasteiger partial charge in [-0.15, -0.1) is 0 Å². The van der Waals surface area contributed by atoms with Crippen molar-refractivity contribution < 1.29 is 18.9 Å². The van der Waals surface area contributed by atoms with Crippen molar-refractivity contribution in [3.05, 3.63) is 0 Å². The second kappa shape index (κ2) is 7.28. The van der Waals surface area contributed by atoms with Crippen LogP contribution < -0.4 is 5.73 Å². The minimum atomic E-state index is -0.143. The molecule has 2 atom stereocenters. The third-order valence-corrected chi connectivity index (χ3v) is 2.19. The molecule has 2 N–H and O–H groups in total. The van der Waals surface area contributed by atoms with Crippen LogP contribution in [-0.2, 0) is 18.9 Å². The van der Waals surface area contributed by atoms with E-state index in [1.165, 1.54) is 0 Å². The van der Waals surface area contributed by atoms with Crippen molar-refractivity contribution >= 4 is 0 Å². The van der Waals surface area contributed by atoms with Gasteiger partial charge in [0.15, 0.2) is 6.29 Å². The first kappa shape index (κ1) is 14.9. The first-order chi connectivity index (χ1) is 8.03. The summed E-state index contributed by atoms with van der Waals surface area (Å²) in [6, 6.07) is 0. The summed E-state index contributed by atoms with van der Waals surface area (Å²) < 4.78 is 21.6. The Morgan fingerprint density at radius 3 is 2.29 bits per heavy atom. The van der Waals surface area contributed by atoms with Crippen LogP contribution in [0.25, 0.3) is 0 Å². The summed E-state index contributed by atoms with van der Waals surface area (Å²) in [5.74, 6) is 0. The molecule has 1 aliphatic heterocycles. The van der Waals surface area contributed by atoms with Gasteiger partial charge in [-0.1, -0.05) is 0 Å². The molecule has 1 aliphatic rings. The van der Waals surface area contributed by atoms with E-state index >= 15 is 0 Å². The van der Waals surface area contributed by atoms with Crippen LogP contribution in [0.5, 0.6) is 0 Å². The monoisotopic (exact) mass is 247 g/mol. The molecule has 17 heavy (non-hydrogen) atoms. The van der Waals surface area contributed by atoms with Gasteiger partial charge in [-0.25, -0.2) is 0 Å². The lowest BCUT2D eigenvalue weighted by Gasteiger charge is -2.17. The highest BCUT2D eigenvalue weighted by atomic mass is 16.8. The van der Waals surface area contributed by atoms with Crippen molar-refractivity contribution in [1.29, 1.82) is 0 Å². The van der Waals surface area contributed by atoms with E-state index in [4.69, 9.17) is 24.7 Å². The predicted octanol–water partition coefficient (Wildman–Crippen LogP) is 0.908. The van der Waals surface area contributed by atoms with Crippen molar-refractivity contribution in [1.82, 2.24) is 0 Å². The molecule has 0 aromatic heterocycles.